The first-order valence-corrected chi connectivity index (χ1v) is 7.34. The summed E-state index contributed by atoms with van der Waals surface area (Å²) in [5.41, 5.74) is 1.34. The molecule has 2 rings (SSSR count). The molecule has 0 amide bonds. The van der Waals surface area contributed by atoms with Crippen molar-refractivity contribution in [1.29, 1.82) is 0 Å². The lowest BCUT2D eigenvalue weighted by molar-refractivity contribution is -0.105. The lowest BCUT2D eigenvalue weighted by Gasteiger charge is -2.23. The average Bonchev–Trinajstić information content (AvgIpc) is 2.47. The Morgan fingerprint density at radius 2 is 2.11 bits per heavy atom. The number of allylic oxidation sites excluding steroid dienone is 2. The lowest BCUT2D eigenvalue weighted by Crippen LogP contribution is -2.24. The first-order chi connectivity index (χ1) is 9.33. The van der Waals surface area contributed by atoms with Gasteiger partial charge in [-0.1, -0.05) is 31.2 Å². The van der Waals surface area contributed by atoms with Gasteiger partial charge in [0.1, 0.15) is 5.75 Å². The zero-order valence-electron chi connectivity index (χ0n) is 12.0. The third-order valence-electron chi connectivity index (χ3n) is 3.58. The molecule has 0 bridgehead atoms. The average molecular weight is 260 g/mol. The molecule has 1 aliphatic rings. The number of hydrogen-bond donors (Lipinski definition) is 0. The lowest BCUT2D eigenvalue weighted by atomic mass is 9.96. The fourth-order valence-corrected chi connectivity index (χ4v) is 2.46. The molecule has 19 heavy (non-hydrogen) atoms. The van der Waals surface area contributed by atoms with Gasteiger partial charge in [-0.25, -0.2) is 0 Å². The number of ether oxygens (including phenoxy) is 2. The summed E-state index contributed by atoms with van der Waals surface area (Å²) in [6, 6.07) is 8.43. The molecule has 104 valence electrons. The number of benzene rings is 1. The van der Waals surface area contributed by atoms with Crippen LogP contribution in [0.5, 0.6) is 5.75 Å². The van der Waals surface area contributed by atoms with Crippen molar-refractivity contribution in [1.82, 2.24) is 0 Å². The topological polar surface area (TPSA) is 18.5 Å². The van der Waals surface area contributed by atoms with E-state index in [1.807, 2.05) is 0 Å². The van der Waals surface area contributed by atoms with Gasteiger partial charge in [-0.2, -0.15) is 0 Å². The van der Waals surface area contributed by atoms with E-state index in [1.165, 1.54) is 12.0 Å². The summed E-state index contributed by atoms with van der Waals surface area (Å²) < 4.78 is 11.4. The number of rotatable bonds is 5. The fourth-order valence-electron chi connectivity index (χ4n) is 2.46. The Morgan fingerprint density at radius 3 is 2.68 bits per heavy atom. The third kappa shape index (κ3) is 4.10. The van der Waals surface area contributed by atoms with Gasteiger partial charge < -0.3 is 9.47 Å². The minimum atomic E-state index is -0.0582. The Kier molecular flexibility index (Phi) is 5.46. The maximum absolute atomic E-state index is 5.84. The molecule has 1 aromatic rings. The highest BCUT2D eigenvalue weighted by molar-refractivity contribution is 5.31. The maximum atomic E-state index is 5.84. The van der Waals surface area contributed by atoms with Gasteiger partial charge in [0.2, 0.25) is 0 Å². The van der Waals surface area contributed by atoms with Crippen molar-refractivity contribution in [3.8, 4) is 5.75 Å². The van der Waals surface area contributed by atoms with E-state index < -0.39 is 0 Å². The molecule has 0 N–H and O–H groups in total. The van der Waals surface area contributed by atoms with E-state index in [1.54, 1.807) is 0 Å². The summed E-state index contributed by atoms with van der Waals surface area (Å²) >= 11 is 0. The SMILES string of the molecule is C/C=C/[C@H](CC)c1ccc(OC2CCCCO2)cc1. The van der Waals surface area contributed by atoms with Crippen LogP contribution < -0.4 is 4.74 Å². The van der Waals surface area contributed by atoms with Crippen LogP contribution in [0.1, 0.15) is 51.0 Å². The molecule has 1 saturated heterocycles. The van der Waals surface area contributed by atoms with Crippen molar-refractivity contribution in [2.45, 2.75) is 51.7 Å². The van der Waals surface area contributed by atoms with E-state index >= 15 is 0 Å². The zero-order chi connectivity index (χ0) is 13.5. The molecule has 0 aliphatic carbocycles. The van der Waals surface area contributed by atoms with Gasteiger partial charge in [0.05, 0.1) is 6.61 Å². The van der Waals surface area contributed by atoms with E-state index in [2.05, 4.69) is 50.3 Å². The zero-order valence-corrected chi connectivity index (χ0v) is 12.0. The Bertz CT molecular complexity index is 388. The summed E-state index contributed by atoms with van der Waals surface area (Å²) in [5, 5.41) is 0. The van der Waals surface area contributed by atoms with Gasteiger partial charge in [-0.3, -0.25) is 0 Å². The Balaban J connectivity index is 1.97. The van der Waals surface area contributed by atoms with Crippen molar-refractivity contribution < 1.29 is 9.47 Å². The van der Waals surface area contributed by atoms with Crippen LogP contribution in [0.15, 0.2) is 36.4 Å². The highest BCUT2D eigenvalue weighted by atomic mass is 16.7. The van der Waals surface area contributed by atoms with Crippen LogP contribution in [0.25, 0.3) is 0 Å². The molecule has 2 nitrogen and oxygen atoms in total. The predicted octanol–water partition coefficient (Wildman–Crippen LogP) is 4.66. The second-order valence-corrected chi connectivity index (χ2v) is 5.02. The second-order valence-electron chi connectivity index (χ2n) is 5.02. The molecule has 1 aliphatic heterocycles. The highest BCUT2D eigenvalue weighted by Gasteiger charge is 2.15. The summed E-state index contributed by atoms with van der Waals surface area (Å²) in [6.07, 6.45) is 8.78. The molecule has 2 heteroatoms. The third-order valence-corrected chi connectivity index (χ3v) is 3.58. The minimum Gasteiger partial charge on any atom is -0.465 e. The van der Waals surface area contributed by atoms with E-state index in [4.69, 9.17) is 9.47 Å². The van der Waals surface area contributed by atoms with Crippen molar-refractivity contribution in [2.75, 3.05) is 6.61 Å². The van der Waals surface area contributed by atoms with Gasteiger partial charge in [0.25, 0.3) is 0 Å². The van der Waals surface area contributed by atoms with Crippen molar-refractivity contribution in [3.63, 3.8) is 0 Å². The molecule has 1 unspecified atom stereocenters. The van der Waals surface area contributed by atoms with Crippen LogP contribution in [0.4, 0.5) is 0 Å². The molecule has 0 aromatic heterocycles. The largest absolute Gasteiger partial charge is 0.465 e. The fraction of sp³-hybridized carbons (Fsp3) is 0.529. The van der Waals surface area contributed by atoms with E-state index in [0.717, 1.165) is 31.6 Å². The quantitative estimate of drug-likeness (QED) is 0.717. The molecule has 0 radical (unpaired) electrons. The van der Waals surface area contributed by atoms with Gasteiger partial charge in [0.15, 0.2) is 6.29 Å². The summed E-state index contributed by atoms with van der Waals surface area (Å²) in [6.45, 7) is 5.10. The summed E-state index contributed by atoms with van der Waals surface area (Å²) in [4.78, 5) is 0. The molecule has 1 fully saturated rings. The number of hydrogen-bond acceptors (Lipinski definition) is 2. The highest BCUT2D eigenvalue weighted by Crippen LogP contribution is 2.25. The molecule has 1 aromatic carbocycles. The summed E-state index contributed by atoms with van der Waals surface area (Å²) in [5.74, 6) is 1.41. The maximum Gasteiger partial charge on any atom is 0.199 e. The first kappa shape index (κ1) is 14.1. The van der Waals surface area contributed by atoms with Crippen molar-refractivity contribution in [2.24, 2.45) is 0 Å². The second kappa shape index (κ2) is 7.34. The van der Waals surface area contributed by atoms with Gasteiger partial charge >= 0.3 is 0 Å². The molecular formula is C17H24O2. The smallest absolute Gasteiger partial charge is 0.199 e. The predicted molar refractivity (Wildman–Crippen MR) is 78.5 cm³/mol. The Labute approximate surface area is 116 Å². The van der Waals surface area contributed by atoms with Crippen molar-refractivity contribution >= 4 is 0 Å². The van der Waals surface area contributed by atoms with Crippen LogP contribution in [0.2, 0.25) is 0 Å². The summed E-state index contributed by atoms with van der Waals surface area (Å²) in [7, 11) is 0. The molecular weight excluding hydrogens is 236 g/mol. The Hall–Kier alpha value is -1.28. The monoisotopic (exact) mass is 260 g/mol. The van der Waals surface area contributed by atoms with Gasteiger partial charge in [-0.15, -0.1) is 0 Å². The van der Waals surface area contributed by atoms with Crippen LogP contribution in [0.3, 0.4) is 0 Å². The van der Waals surface area contributed by atoms with Crippen LogP contribution in [0, 0.1) is 0 Å². The van der Waals surface area contributed by atoms with Crippen LogP contribution in [-0.4, -0.2) is 12.9 Å². The molecule has 0 saturated carbocycles. The van der Waals surface area contributed by atoms with E-state index in [9.17, 15) is 0 Å². The van der Waals surface area contributed by atoms with Gasteiger partial charge in [0, 0.05) is 12.3 Å². The molecule has 2 atom stereocenters. The normalized spacial score (nSPS) is 21.5. The molecule has 1 heterocycles. The van der Waals surface area contributed by atoms with Crippen LogP contribution in [-0.2, 0) is 4.74 Å². The van der Waals surface area contributed by atoms with Gasteiger partial charge in [-0.05, 0) is 43.9 Å². The molecule has 0 spiro atoms. The van der Waals surface area contributed by atoms with E-state index in [-0.39, 0.29) is 6.29 Å². The first-order valence-electron chi connectivity index (χ1n) is 7.34. The van der Waals surface area contributed by atoms with Crippen LogP contribution >= 0.6 is 0 Å². The Morgan fingerprint density at radius 1 is 1.32 bits per heavy atom. The van der Waals surface area contributed by atoms with E-state index in [0.29, 0.717) is 5.92 Å². The standard InChI is InChI=1S/C17H24O2/c1-3-7-14(4-2)15-9-11-16(12-10-15)19-17-8-5-6-13-18-17/h3,7,9-12,14,17H,4-6,8,13H2,1-2H3/b7-3+/t14-,17?/m0/s1. The minimum absolute atomic E-state index is 0.0582. The van der Waals surface area contributed by atoms with Crippen molar-refractivity contribution in [3.05, 3.63) is 42.0 Å².